The Hall–Kier alpha value is -3.95. The molecule has 0 spiro atoms. The number of hydrogen-bond donors (Lipinski definition) is 0. The van der Waals surface area contributed by atoms with Gasteiger partial charge in [0.05, 0.1) is 23.0 Å². The number of aromatic nitrogens is 4. The molecule has 150 valence electrons. The highest BCUT2D eigenvalue weighted by Crippen LogP contribution is 2.23. The largest absolute Gasteiger partial charge is 0.294 e. The van der Waals surface area contributed by atoms with E-state index in [1.807, 2.05) is 48.8 Å². The Morgan fingerprint density at radius 3 is 2.68 bits per heavy atom. The highest BCUT2D eigenvalue weighted by atomic mass is 15.1. The summed E-state index contributed by atoms with van der Waals surface area (Å²) in [5.41, 5.74) is 6.95. The van der Waals surface area contributed by atoms with E-state index in [4.69, 9.17) is 10.2 Å². The third kappa shape index (κ3) is 4.18. The Bertz CT molecular complexity index is 1250. The molecule has 3 aromatic heterocycles. The van der Waals surface area contributed by atoms with Crippen molar-refractivity contribution in [2.45, 2.75) is 19.5 Å². The van der Waals surface area contributed by atoms with E-state index in [1.54, 1.807) is 18.5 Å². The molecule has 0 bridgehead atoms. The number of nitrogens with zero attached hydrogens (tertiary/aromatic N) is 6. The molecule has 1 aliphatic rings. The summed E-state index contributed by atoms with van der Waals surface area (Å²) in [5.74, 6) is 0.759. The Balaban J connectivity index is 1.27. The van der Waals surface area contributed by atoms with Crippen molar-refractivity contribution in [3.8, 4) is 28.7 Å². The van der Waals surface area contributed by atoms with Crippen LogP contribution in [0.15, 0.2) is 73.3 Å². The van der Waals surface area contributed by atoms with Gasteiger partial charge in [-0.2, -0.15) is 5.26 Å². The van der Waals surface area contributed by atoms with Gasteiger partial charge in [-0.1, -0.05) is 18.2 Å². The van der Waals surface area contributed by atoms with Crippen LogP contribution < -0.4 is 0 Å². The van der Waals surface area contributed by atoms with Gasteiger partial charge in [0.15, 0.2) is 5.82 Å². The number of nitriles is 1. The zero-order valence-electron chi connectivity index (χ0n) is 16.9. The molecule has 0 aliphatic carbocycles. The van der Waals surface area contributed by atoms with Gasteiger partial charge in [0.1, 0.15) is 0 Å². The summed E-state index contributed by atoms with van der Waals surface area (Å²) in [6.45, 7) is 2.61. The van der Waals surface area contributed by atoms with Crippen LogP contribution in [0.5, 0.6) is 0 Å². The first kappa shape index (κ1) is 19.0. The first-order valence-corrected chi connectivity index (χ1v) is 10.2. The molecule has 4 heterocycles. The van der Waals surface area contributed by atoms with Crippen molar-refractivity contribution in [2.75, 3.05) is 6.54 Å². The number of hydrogen-bond acceptors (Lipinski definition) is 6. The summed E-state index contributed by atoms with van der Waals surface area (Å²) in [4.78, 5) is 20.4. The second-order valence-corrected chi connectivity index (χ2v) is 7.61. The lowest BCUT2D eigenvalue weighted by molar-refractivity contribution is 0.242. The third-order valence-corrected chi connectivity index (χ3v) is 5.47. The fourth-order valence-electron chi connectivity index (χ4n) is 3.84. The molecule has 31 heavy (non-hydrogen) atoms. The van der Waals surface area contributed by atoms with Gasteiger partial charge < -0.3 is 0 Å². The zero-order valence-corrected chi connectivity index (χ0v) is 16.9. The molecule has 4 aromatic rings. The molecular formula is C25H20N6. The first-order chi connectivity index (χ1) is 15.3. The average molecular weight is 404 g/mol. The standard InChI is InChI=1S/C25H20N6/c26-13-18-2-1-3-21(12-18)23-5-4-19(14-28-23)16-31-11-8-24-22(17-31)15-29-25(30-24)20-6-9-27-10-7-20/h1-7,9-10,12,14-15H,8,11,16-17H2. The molecule has 0 unspecified atom stereocenters. The lowest BCUT2D eigenvalue weighted by atomic mass is 10.1. The van der Waals surface area contributed by atoms with Gasteiger partial charge in [-0.25, -0.2) is 9.97 Å². The summed E-state index contributed by atoms with van der Waals surface area (Å²) in [6, 6.07) is 17.7. The zero-order chi connectivity index (χ0) is 21.0. The summed E-state index contributed by atoms with van der Waals surface area (Å²) >= 11 is 0. The molecule has 0 N–H and O–H groups in total. The van der Waals surface area contributed by atoms with Crippen LogP contribution in [-0.4, -0.2) is 31.4 Å². The van der Waals surface area contributed by atoms with E-state index in [0.29, 0.717) is 5.56 Å². The Labute approximate surface area is 180 Å². The van der Waals surface area contributed by atoms with Crippen LogP contribution >= 0.6 is 0 Å². The van der Waals surface area contributed by atoms with Crippen molar-refractivity contribution in [3.63, 3.8) is 0 Å². The quantitative estimate of drug-likeness (QED) is 0.511. The molecule has 0 fully saturated rings. The second kappa shape index (κ2) is 8.42. The lowest BCUT2D eigenvalue weighted by Gasteiger charge is -2.28. The minimum atomic E-state index is 0.643. The maximum atomic E-state index is 9.09. The molecule has 6 heteroatoms. The predicted octanol–water partition coefficient (Wildman–Crippen LogP) is 4.03. The van der Waals surface area contributed by atoms with Gasteiger partial charge in [-0.3, -0.25) is 14.9 Å². The maximum Gasteiger partial charge on any atom is 0.159 e. The molecule has 0 amide bonds. The monoisotopic (exact) mass is 404 g/mol. The molecule has 0 radical (unpaired) electrons. The number of rotatable bonds is 4. The average Bonchev–Trinajstić information content (AvgIpc) is 2.85. The fraction of sp³-hybridized carbons (Fsp3) is 0.160. The van der Waals surface area contributed by atoms with Gasteiger partial charge in [0.25, 0.3) is 0 Å². The van der Waals surface area contributed by atoms with Gasteiger partial charge in [0, 0.05) is 67.5 Å². The van der Waals surface area contributed by atoms with E-state index < -0.39 is 0 Å². The molecule has 5 rings (SSSR count). The molecular weight excluding hydrogens is 384 g/mol. The Morgan fingerprint density at radius 1 is 0.968 bits per heavy atom. The van der Waals surface area contributed by atoms with E-state index in [2.05, 4.69) is 32.0 Å². The normalized spacial score (nSPS) is 13.4. The minimum absolute atomic E-state index is 0.643. The highest BCUT2D eigenvalue weighted by Gasteiger charge is 2.19. The highest BCUT2D eigenvalue weighted by molar-refractivity contribution is 5.61. The van der Waals surface area contributed by atoms with Crippen LogP contribution in [0.25, 0.3) is 22.6 Å². The molecule has 0 saturated carbocycles. The van der Waals surface area contributed by atoms with Crippen molar-refractivity contribution in [1.82, 2.24) is 24.8 Å². The van der Waals surface area contributed by atoms with Crippen molar-refractivity contribution in [2.24, 2.45) is 0 Å². The first-order valence-electron chi connectivity index (χ1n) is 10.2. The Morgan fingerprint density at radius 2 is 1.87 bits per heavy atom. The van der Waals surface area contributed by atoms with Gasteiger partial charge >= 0.3 is 0 Å². The van der Waals surface area contributed by atoms with Crippen LogP contribution in [0.3, 0.4) is 0 Å². The van der Waals surface area contributed by atoms with Crippen LogP contribution in [0, 0.1) is 11.3 Å². The molecule has 1 aromatic carbocycles. The molecule has 0 atom stereocenters. The van der Waals surface area contributed by atoms with Crippen LogP contribution in [0.2, 0.25) is 0 Å². The van der Waals surface area contributed by atoms with E-state index in [0.717, 1.165) is 60.0 Å². The fourth-order valence-corrected chi connectivity index (χ4v) is 3.84. The van der Waals surface area contributed by atoms with Crippen LogP contribution in [0.4, 0.5) is 0 Å². The van der Waals surface area contributed by atoms with Gasteiger partial charge in [-0.15, -0.1) is 0 Å². The van der Waals surface area contributed by atoms with Crippen LogP contribution in [0.1, 0.15) is 22.4 Å². The van der Waals surface area contributed by atoms with Gasteiger partial charge in [0.2, 0.25) is 0 Å². The molecule has 1 aliphatic heterocycles. The topological polar surface area (TPSA) is 78.6 Å². The summed E-state index contributed by atoms with van der Waals surface area (Å²) in [5, 5.41) is 9.09. The van der Waals surface area contributed by atoms with Gasteiger partial charge in [-0.05, 0) is 35.9 Å². The summed E-state index contributed by atoms with van der Waals surface area (Å²) in [6.07, 6.45) is 8.31. The molecule has 6 nitrogen and oxygen atoms in total. The van der Waals surface area contributed by atoms with E-state index in [-0.39, 0.29) is 0 Å². The lowest BCUT2D eigenvalue weighted by Crippen LogP contribution is -2.31. The second-order valence-electron chi connectivity index (χ2n) is 7.61. The minimum Gasteiger partial charge on any atom is -0.294 e. The SMILES string of the molecule is N#Cc1cccc(-c2ccc(CN3CCc4nc(-c5ccncc5)ncc4C3)cn2)c1. The third-order valence-electron chi connectivity index (χ3n) is 5.47. The van der Waals surface area contributed by atoms with Crippen molar-refractivity contribution in [1.29, 1.82) is 5.26 Å². The summed E-state index contributed by atoms with van der Waals surface area (Å²) in [7, 11) is 0. The number of benzene rings is 1. The van der Waals surface area contributed by atoms with Crippen molar-refractivity contribution in [3.05, 3.63) is 95.7 Å². The summed E-state index contributed by atoms with van der Waals surface area (Å²) < 4.78 is 0. The Kier molecular flexibility index (Phi) is 5.17. The van der Waals surface area contributed by atoms with Crippen molar-refractivity contribution >= 4 is 0 Å². The van der Waals surface area contributed by atoms with E-state index in [1.165, 1.54) is 5.56 Å². The van der Waals surface area contributed by atoms with E-state index >= 15 is 0 Å². The number of fused-ring (bicyclic) bond motifs is 1. The van der Waals surface area contributed by atoms with Crippen molar-refractivity contribution < 1.29 is 0 Å². The van der Waals surface area contributed by atoms with Crippen LogP contribution in [-0.2, 0) is 19.5 Å². The number of pyridine rings is 2. The maximum absolute atomic E-state index is 9.09. The smallest absolute Gasteiger partial charge is 0.159 e. The predicted molar refractivity (Wildman–Crippen MR) is 117 cm³/mol. The molecule has 0 saturated heterocycles. The van der Waals surface area contributed by atoms with E-state index in [9.17, 15) is 0 Å².